The van der Waals surface area contributed by atoms with Gasteiger partial charge in [0.05, 0.1) is 13.2 Å². The molecule has 2 aliphatic carbocycles. The van der Waals surface area contributed by atoms with Crippen LogP contribution in [-0.2, 0) is 64.3 Å². The van der Waals surface area contributed by atoms with Crippen LogP contribution in [0.15, 0.2) is 58.5 Å². The first kappa shape index (κ1) is 59.7. The second-order valence-electron chi connectivity index (χ2n) is 22.5. The minimum Gasteiger partial charge on any atom is -0.480 e. The predicted molar refractivity (Wildman–Crippen MR) is 296 cm³/mol. The number of nitrogens with one attached hydrogen (secondary N) is 3. The normalized spacial score (nSPS) is 25.3. The maximum atomic E-state index is 15.4. The Morgan fingerprint density at radius 2 is 0.988 bits per heavy atom. The minimum atomic E-state index is -1.64. The SMILES string of the molecule is NC(N)=NCCC[C@H](NC(=O)[C@@H]1C[C@@H]2CCCC[C@@H]2N1C(=O)[C@H]1Cc2ccccc2CN1C(=O)[C@H](CO)NC(=O)[C@H](CCCN=C(N)N)NC(=O)[C@@H]1C[C@@H]2CCCC[C@@H]2N1C(=O)[C@H]1Cc2ccccc2CN1C(=O)[C@@H](N)CO)C(=O)O. The van der Waals surface area contributed by atoms with E-state index < -0.39 is 109 Å². The molecule has 2 saturated heterocycles. The number of carbonyl (C=O) groups excluding carboxylic acids is 7. The Labute approximate surface area is 470 Å². The molecule has 7 amide bonds. The number of aliphatic carboxylic acids is 1. The standard InChI is InChI=1S/C56H80N14O11/c57-37(29-71)50(76)67-27-35-15-3-1-11-31(35)23-45(67)52(78)69-41-19-7-5-13-33(41)25-43(69)48(74)64-38(17-9-21-62-55(58)59)47(73)66-40(30-72)51(77)68-28-36-16-4-2-12-32(36)24-46(68)53(79)70-42-20-8-6-14-34(42)26-44(70)49(75)65-39(54(80)81)18-10-22-63-56(60)61/h1-4,11-12,15-16,33-34,37-46,71-72H,5-10,13-14,17-30,57H2,(H,64,74)(H,65,75)(H,66,73)(H,80,81)(H4,58,59,62)(H4,60,61,63)/t33-,34-,37-,38-,39-,40-,41-,42-,43-,44-,45+,46+/m0/s1. The van der Waals surface area contributed by atoms with Crippen LogP contribution in [-0.4, -0.2) is 181 Å². The number of carboxylic acids is 1. The summed E-state index contributed by atoms with van der Waals surface area (Å²) in [6.07, 6.45) is 7.19. The summed E-state index contributed by atoms with van der Waals surface area (Å²) in [6.45, 7) is -1.37. The molecular formula is C56H80N14O11. The van der Waals surface area contributed by atoms with E-state index in [-0.39, 0.29) is 113 Å². The average Bonchev–Trinajstić information content (AvgIpc) is 4.10. The summed E-state index contributed by atoms with van der Waals surface area (Å²) in [6, 6.07) is 4.01. The van der Waals surface area contributed by atoms with Crippen LogP contribution in [0.25, 0.3) is 0 Å². The number of aliphatic hydroxyl groups excluding tert-OH is 2. The Balaban J connectivity index is 1.04. The molecule has 4 fully saturated rings. The summed E-state index contributed by atoms with van der Waals surface area (Å²) < 4.78 is 0. The van der Waals surface area contributed by atoms with Crippen molar-refractivity contribution in [3.8, 4) is 0 Å². The molecule has 25 nitrogen and oxygen atoms in total. The molecule has 2 aromatic carbocycles. The average molecular weight is 1130 g/mol. The quantitative estimate of drug-likeness (QED) is 0.0372. The van der Waals surface area contributed by atoms with Crippen molar-refractivity contribution in [3.63, 3.8) is 0 Å². The molecule has 12 atom stereocenters. The van der Waals surface area contributed by atoms with Crippen LogP contribution in [0.5, 0.6) is 0 Å². The van der Waals surface area contributed by atoms with Gasteiger partial charge in [-0.2, -0.15) is 0 Å². The van der Waals surface area contributed by atoms with Crippen molar-refractivity contribution in [1.29, 1.82) is 0 Å². The van der Waals surface area contributed by atoms with Gasteiger partial charge in [0.25, 0.3) is 0 Å². The van der Waals surface area contributed by atoms with Crippen LogP contribution in [0, 0.1) is 11.8 Å². The third kappa shape index (κ3) is 13.7. The number of carbonyl (C=O) groups is 8. The van der Waals surface area contributed by atoms with Crippen molar-refractivity contribution in [1.82, 2.24) is 35.6 Å². The molecule has 0 bridgehead atoms. The highest BCUT2D eigenvalue weighted by atomic mass is 16.4. The van der Waals surface area contributed by atoms with Gasteiger partial charge in [-0.3, -0.25) is 43.5 Å². The van der Waals surface area contributed by atoms with E-state index in [9.17, 15) is 39.3 Å². The highest BCUT2D eigenvalue weighted by Crippen LogP contribution is 2.43. The van der Waals surface area contributed by atoms with Crippen LogP contribution in [0.1, 0.15) is 112 Å². The van der Waals surface area contributed by atoms with Gasteiger partial charge in [-0.05, 0) is 98.3 Å². The number of aliphatic hydroxyl groups is 2. The summed E-state index contributed by atoms with van der Waals surface area (Å²) in [7, 11) is 0. The largest absolute Gasteiger partial charge is 0.480 e. The molecule has 4 heterocycles. The number of hydrogen-bond donors (Lipinski definition) is 11. The molecule has 8 rings (SSSR count). The first-order valence-corrected chi connectivity index (χ1v) is 28.5. The molecule has 0 radical (unpaired) electrons. The van der Waals surface area contributed by atoms with Crippen molar-refractivity contribution >= 4 is 59.2 Å². The maximum Gasteiger partial charge on any atom is 0.326 e. The fraction of sp³-hybridized carbons (Fsp3) is 0.607. The molecular weight excluding hydrogens is 1040 g/mol. The lowest BCUT2D eigenvalue weighted by Crippen LogP contribution is -2.63. The highest BCUT2D eigenvalue weighted by Gasteiger charge is 2.53. The van der Waals surface area contributed by atoms with E-state index in [1.165, 1.54) is 14.7 Å². The second-order valence-corrected chi connectivity index (χ2v) is 22.5. The van der Waals surface area contributed by atoms with Gasteiger partial charge in [-0.1, -0.05) is 74.2 Å². The van der Waals surface area contributed by atoms with Crippen LogP contribution >= 0.6 is 0 Å². The molecule has 81 heavy (non-hydrogen) atoms. The van der Waals surface area contributed by atoms with Crippen LogP contribution < -0.4 is 44.6 Å². The zero-order valence-electron chi connectivity index (χ0n) is 45.8. The molecule has 6 aliphatic rings. The first-order chi connectivity index (χ1) is 38.9. The number of hydrogen-bond acceptors (Lipinski definition) is 13. The summed E-state index contributed by atoms with van der Waals surface area (Å²) in [5.74, 6) is -6.26. The topological polar surface area (TPSA) is 401 Å². The summed E-state index contributed by atoms with van der Waals surface area (Å²) in [5, 5.41) is 39.3. The molecule has 2 aromatic rings. The summed E-state index contributed by atoms with van der Waals surface area (Å²) in [4.78, 5) is 130. The van der Waals surface area contributed by atoms with Crippen LogP contribution in [0.3, 0.4) is 0 Å². The van der Waals surface area contributed by atoms with Gasteiger partial charge in [0, 0.05) is 51.1 Å². The monoisotopic (exact) mass is 1120 g/mol. The van der Waals surface area contributed by atoms with E-state index in [2.05, 4.69) is 25.9 Å². The number of fused-ring (bicyclic) bond motifs is 4. The molecule has 25 heteroatoms. The number of aliphatic imine (C=N–C) groups is 2. The number of rotatable bonds is 21. The van der Waals surface area contributed by atoms with Gasteiger partial charge in [-0.15, -0.1) is 0 Å². The zero-order chi connectivity index (χ0) is 58.1. The molecule has 0 unspecified atom stereocenters. The summed E-state index contributed by atoms with van der Waals surface area (Å²) >= 11 is 0. The number of likely N-dealkylation sites (tertiary alicyclic amines) is 2. The fourth-order valence-corrected chi connectivity index (χ4v) is 13.3. The molecule has 0 aromatic heterocycles. The lowest BCUT2D eigenvalue weighted by atomic mass is 9.84. The maximum absolute atomic E-state index is 15.4. The van der Waals surface area contributed by atoms with Crippen molar-refractivity contribution in [2.24, 2.45) is 50.5 Å². The van der Waals surface area contributed by atoms with E-state index in [0.717, 1.165) is 60.8 Å². The Morgan fingerprint density at radius 3 is 1.43 bits per heavy atom. The Hall–Kier alpha value is -7.38. The van der Waals surface area contributed by atoms with Crippen molar-refractivity contribution in [2.75, 3.05) is 26.3 Å². The zero-order valence-corrected chi connectivity index (χ0v) is 45.8. The van der Waals surface area contributed by atoms with E-state index in [1.807, 2.05) is 42.5 Å². The van der Waals surface area contributed by atoms with Crippen molar-refractivity contribution in [3.05, 3.63) is 70.8 Å². The molecule has 2 saturated carbocycles. The van der Waals surface area contributed by atoms with E-state index in [0.29, 0.717) is 12.8 Å². The smallest absolute Gasteiger partial charge is 0.326 e. The highest BCUT2D eigenvalue weighted by molar-refractivity contribution is 5.99. The molecule has 4 aliphatic heterocycles. The lowest BCUT2D eigenvalue weighted by molar-refractivity contribution is -0.153. The Bertz CT molecular complexity index is 2720. The third-order valence-corrected chi connectivity index (χ3v) is 17.4. The van der Waals surface area contributed by atoms with Gasteiger partial charge < -0.3 is 79.5 Å². The molecule has 0 spiro atoms. The first-order valence-electron chi connectivity index (χ1n) is 28.5. The number of nitrogens with two attached hydrogens (primary N) is 5. The predicted octanol–water partition coefficient (Wildman–Crippen LogP) is -1.83. The van der Waals surface area contributed by atoms with Crippen LogP contribution in [0.2, 0.25) is 0 Å². The third-order valence-electron chi connectivity index (χ3n) is 17.4. The van der Waals surface area contributed by atoms with Gasteiger partial charge >= 0.3 is 5.97 Å². The van der Waals surface area contributed by atoms with Crippen LogP contribution in [0.4, 0.5) is 0 Å². The van der Waals surface area contributed by atoms with Gasteiger partial charge in [0.1, 0.15) is 48.3 Å². The fourth-order valence-electron chi connectivity index (χ4n) is 13.3. The number of amides is 7. The van der Waals surface area contributed by atoms with E-state index in [4.69, 9.17) is 28.7 Å². The van der Waals surface area contributed by atoms with Gasteiger partial charge in [0.15, 0.2) is 11.9 Å². The minimum absolute atomic E-state index is 0.0166. The number of nitrogens with zero attached hydrogens (tertiary/aromatic N) is 6. The molecule has 440 valence electrons. The second kappa shape index (κ2) is 26.9. The van der Waals surface area contributed by atoms with E-state index in [1.54, 1.807) is 11.0 Å². The van der Waals surface area contributed by atoms with Crippen molar-refractivity contribution < 1.29 is 53.7 Å². The number of guanidine groups is 2. The van der Waals surface area contributed by atoms with E-state index >= 15 is 14.4 Å². The Kier molecular flexibility index (Phi) is 19.9. The lowest BCUT2D eigenvalue weighted by Gasteiger charge is -2.42. The number of carboxylic acid groups (broad SMARTS) is 1. The molecule has 16 N–H and O–H groups in total. The number of benzene rings is 2. The summed E-state index contributed by atoms with van der Waals surface area (Å²) in [5.41, 5.74) is 31.4. The van der Waals surface area contributed by atoms with Crippen molar-refractivity contribution in [2.45, 2.75) is 176 Å². The Morgan fingerprint density at radius 1 is 0.556 bits per heavy atom. The van der Waals surface area contributed by atoms with Gasteiger partial charge in [0.2, 0.25) is 41.4 Å². The van der Waals surface area contributed by atoms with Gasteiger partial charge in [-0.25, -0.2) is 4.79 Å².